The van der Waals surface area contributed by atoms with Crippen LogP contribution in [-0.2, 0) is 32.3 Å². The lowest BCUT2D eigenvalue weighted by molar-refractivity contribution is -0.901. The van der Waals surface area contributed by atoms with E-state index in [9.17, 15) is 39.6 Å². The SMILES string of the molecule is O=C([O-])C[NH+](CC(=O)O)Cc1cc(O)c(C[NH+](CC(=O)[O-])CC(=O)O)cc1O. The molecule has 0 bridgehead atoms. The standard InChI is InChI=1S/C16H20N2O10/c19-11-1-9(3-17(5-13(21)22)6-14(23)24)12(20)2-10(11)4-18(7-15(25)26)8-16(27)28/h1-2,19-20H,3-8H2,(H,21,22)(H,23,24)(H,25,26)(H,27,28). The number of aliphatic carboxylic acids is 4. The highest BCUT2D eigenvalue weighted by Crippen LogP contribution is 2.26. The van der Waals surface area contributed by atoms with E-state index in [1.165, 1.54) is 0 Å². The Balaban J connectivity index is 3.03. The Morgan fingerprint density at radius 2 is 1.04 bits per heavy atom. The molecule has 0 amide bonds. The number of carbonyl (C=O) groups excluding carboxylic acids is 2. The predicted molar refractivity (Wildman–Crippen MR) is 83.9 cm³/mol. The fraction of sp³-hybridized carbons (Fsp3) is 0.375. The van der Waals surface area contributed by atoms with Crippen molar-refractivity contribution in [3.8, 4) is 11.5 Å². The zero-order chi connectivity index (χ0) is 21.4. The Kier molecular flexibility index (Phi) is 8.16. The third-order valence-corrected chi connectivity index (χ3v) is 3.75. The van der Waals surface area contributed by atoms with Crippen LogP contribution < -0.4 is 20.0 Å². The van der Waals surface area contributed by atoms with Gasteiger partial charge in [-0.05, 0) is 12.1 Å². The number of rotatable bonds is 12. The van der Waals surface area contributed by atoms with Crippen molar-refractivity contribution in [3.63, 3.8) is 0 Å². The van der Waals surface area contributed by atoms with E-state index in [4.69, 9.17) is 10.2 Å². The van der Waals surface area contributed by atoms with Crippen LogP contribution in [-0.4, -0.2) is 70.5 Å². The number of hydrogen-bond donors (Lipinski definition) is 6. The first-order chi connectivity index (χ1) is 13.0. The van der Waals surface area contributed by atoms with E-state index in [2.05, 4.69) is 0 Å². The van der Waals surface area contributed by atoms with Crippen molar-refractivity contribution in [1.29, 1.82) is 0 Å². The van der Waals surface area contributed by atoms with Crippen LogP contribution in [0.2, 0.25) is 0 Å². The maximum absolute atomic E-state index is 10.8. The molecule has 154 valence electrons. The molecule has 12 heteroatoms. The first-order valence-electron chi connectivity index (χ1n) is 8.02. The molecule has 0 aliphatic carbocycles. The Bertz CT molecular complexity index is 668. The minimum Gasteiger partial charge on any atom is -0.544 e. The van der Waals surface area contributed by atoms with Crippen LogP contribution in [0.3, 0.4) is 0 Å². The highest BCUT2D eigenvalue weighted by molar-refractivity contribution is 5.69. The number of phenols is 2. The van der Waals surface area contributed by atoms with E-state index in [0.717, 1.165) is 12.1 Å². The summed E-state index contributed by atoms with van der Waals surface area (Å²) in [6, 6.07) is 2.17. The van der Waals surface area contributed by atoms with Crippen LogP contribution in [0.25, 0.3) is 0 Å². The number of carboxylic acids is 4. The maximum Gasteiger partial charge on any atom is 0.359 e. The first-order valence-corrected chi connectivity index (χ1v) is 8.02. The normalized spacial score (nSPS) is 12.9. The summed E-state index contributed by atoms with van der Waals surface area (Å²) in [6.07, 6.45) is 0. The molecule has 1 aromatic carbocycles. The van der Waals surface area contributed by atoms with Crippen molar-refractivity contribution in [3.05, 3.63) is 23.3 Å². The molecule has 28 heavy (non-hydrogen) atoms. The van der Waals surface area contributed by atoms with Gasteiger partial charge in [0.05, 0.1) is 23.1 Å². The van der Waals surface area contributed by atoms with E-state index in [1.54, 1.807) is 0 Å². The Morgan fingerprint density at radius 1 is 0.714 bits per heavy atom. The summed E-state index contributed by atoms with van der Waals surface area (Å²) in [7, 11) is 0. The molecule has 0 aliphatic heterocycles. The van der Waals surface area contributed by atoms with E-state index in [0.29, 0.717) is 0 Å². The molecule has 2 unspecified atom stereocenters. The van der Waals surface area contributed by atoms with Crippen LogP contribution in [0, 0.1) is 0 Å². The molecule has 1 aromatic rings. The second-order valence-corrected chi connectivity index (χ2v) is 6.20. The highest BCUT2D eigenvalue weighted by Gasteiger charge is 2.21. The van der Waals surface area contributed by atoms with Crippen LogP contribution in [0.15, 0.2) is 12.1 Å². The monoisotopic (exact) mass is 400 g/mol. The lowest BCUT2D eigenvalue weighted by Gasteiger charge is -2.21. The lowest BCUT2D eigenvalue weighted by atomic mass is 10.1. The van der Waals surface area contributed by atoms with Crippen LogP contribution in [0.1, 0.15) is 11.1 Å². The molecular formula is C16H20N2O10. The molecule has 1 rings (SSSR count). The molecule has 0 saturated heterocycles. The number of aromatic hydroxyl groups is 2. The van der Waals surface area contributed by atoms with Gasteiger partial charge < -0.3 is 50.0 Å². The third kappa shape index (κ3) is 7.88. The van der Waals surface area contributed by atoms with Gasteiger partial charge in [-0.2, -0.15) is 0 Å². The smallest absolute Gasteiger partial charge is 0.359 e. The predicted octanol–water partition coefficient (Wildman–Crippen LogP) is -6.46. The number of nitrogens with one attached hydrogen (secondary N) is 2. The van der Waals surface area contributed by atoms with Gasteiger partial charge in [0.15, 0.2) is 13.1 Å². The molecule has 0 heterocycles. The Hall–Kier alpha value is -3.38. The fourth-order valence-corrected chi connectivity index (χ4v) is 2.70. The van der Waals surface area contributed by atoms with E-state index >= 15 is 0 Å². The van der Waals surface area contributed by atoms with Crippen molar-refractivity contribution in [2.24, 2.45) is 0 Å². The van der Waals surface area contributed by atoms with Crippen molar-refractivity contribution in [1.82, 2.24) is 0 Å². The van der Waals surface area contributed by atoms with Crippen molar-refractivity contribution in [2.75, 3.05) is 26.2 Å². The molecule has 2 atom stereocenters. The summed E-state index contributed by atoms with van der Waals surface area (Å²) in [6.45, 7) is -2.92. The van der Waals surface area contributed by atoms with Gasteiger partial charge >= 0.3 is 11.9 Å². The summed E-state index contributed by atoms with van der Waals surface area (Å²) in [5, 5.41) is 59.4. The maximum atomic E-state index is 10.8. The molecule has 12 nitrogen and oxygen atoms in total. The van der Waals surface area contributed by atoms with Gasteiger partial charge in [0.2, 0.25) is 0 Å². The van der Waals surface area contributed by atoms with Gasteiger partial charge in [-0.25, -0.2) is 9.59 Å². The molecule has 0 spiro atoms. The lowest BCUT2D eigenvalue weighted by Crippen LogP contribution is -3.13. The zero-order valence-electron chi connectivity index (χ0n) is 14.6. The first kappa shape index (κ1) is 22.7. The summed E-state index contributed by atoms with van der Waals surface area (Å²) >= 11 is 0. The van der Waals surface area contributed by atoms with E-state index in [-0.39, 0.29) is 34.0 Å². The summed E-state index contributed by atoms with van der Waals surface area (Å²) in [5.41, 5.74) is 0.108. The average molecular weight is 400 g/mol. The molecule has 6 N–H and O–H groups in total. The topological polar surface area (TPSA) is 204 Å². The van der Waals surface area contributed by atoms with E-state index in [1.807, 2.05) is 0 Å². The number of hydrogen-bond acceptors (Lipinski definition) is 8. The van der Waals surface area contributed by atoms with Gasteiger partial charge in [-0.3, -0.25) is 0 Å². The Labute approximate surface area is 158 Å². The minimum atomic E-state index is -1.49. The van der Waals surface area contributed by atoms with Crippen LogP contribution >= 0.6 is 0 Å². The number of carbonyl (C=O) groups is 4. The quantitative estimate of drug-likeness (QED) is 0.183. The Morgan fingerprint density at radius 3 is 1.29 bits per heavy atom. The zero-order valence-corrected chi connectivity index (χ0v) is 14.6. The molecule has 0 aromatic heterocycles. The molecule has 0 saturated carbocycles. The molecule has 0 aliphatic rings. The molecular weight excluding hydrogens is 380 g/mol. The van der Waals surface area contributed by atoms with Gasteiger partial charge in [-0.15, -0.1) is 0 Å². The number of phenolic OH excluding ortho intramolecular Hbond substituents is 2. The minimum absolute atomic E-state index is 0.0324. The van der Waals surface area contributed by atoms with Crippen molar-refractivity contribution in [2.45, 2.75) is 13.1 Å². The highest BCUT2D eigenvalue weighted by atomic mass is 16.4. The van der Waals surface area contributed by atoms with Gasteiger partial charge in [-0.1, -0.05) is 0 Å². The van der Waals surface area contributed by atoms with Gasteiger partial charge in [0.25, 0.3) is 0 Å². The fourth-order valence-electron chi connectivity index (χ4n) is 2.70. The number of quaternary nitrogens is 2. The van der Waals surface area contributed by atoms with E-state index < -0.39 is 61.6 Å². The largest absolute Gasteiger partial charge is 0.544 e. The van der Waals surface area contributed by atoms with Gasteiger partial charge in [0, 0.05) is 0 Å². The van der Waals surface area contributed by atoms with Crippen LogP contribution in [0.5, 0.6) is 11.5 Å². The second kappa shape index (κ2) is 10.1. The summed E-state index contributed by atoms with van der Waals surface area (Å²) in [5.74, 6) is -6.31. The number of carboxylic acid groups (broad SMARTS) is 4. The summed E-state index contributed by atoms with van der Waals surface area (Å²) < 4.78 is 0. The van der Waals surface area contributed by atoms with Crippen LogP contribution in [0.4, 0.5) is 0 Å². The second-order valence-electron chi connectivity index (χ2n) is 6.20. The summed E-state index contributed by atoms with van der Waals surface area (Å²) in [4.78, 5) is 43.2. The number of benzene rings is 1. The van der Waals surface area contributed by atoms with Crippen molar-refractivity contribution >= 4 is 23.9 Å². The molecule has 0 radical (unpaired) electrons. The van der Waals surface area contributed by atoms with Gasteiger partial charge in [0.1, 0.15) is 37.7 Å². The third-order valence-electron chi connectivity index (χ3n) is 3.75. The molecule has 0 fully saturated rings. The average Bonchev–Trinajstić information content (AvgIpc) is 2.49. The van der Waals surface area contributed by atoms with Crippen molar-refractivity contribution < 1.29 is 59.6 Å².